The molecule has 16 heavy (non-hydrogen) atoms. The van der Waals surface area contributed by atoms with Crippen LogP contribution in [0.3, 0.4) is 0 Å². The van der Waals surface area contributed by atoms with Crippen molar-refractivity contribution in [3.8, 4) is 11.5 Å². The van der Waals surface area contributed by atoms with Crippen LogP contribution < -0.4 is 9.47 Å². The van der Waals surface area contributed by atoms with Gasteiger partial charge in [-0.05, 0) is 28.1 Å². The highest BCUT2D eigenvalue weighted by Gasteiger charge is 2.23. The Balaban J connectivity index is 3.31. The number of aliphatic hydroxyl groups excluding tert-OH is 1. The van der Waals surface area contributed by atoms with Crippen LogP contribution in [0.2, 0.25) is 0 Å². The number of aliphatic carboxylic acids is 1. The number of carbonyl (C=O) groups is 1. The van der Waals surface area contributed by atoms with Gasteiger partial charge in [-0.25, -0.2) is 4.79 Å². The van der Waals surface area contributed by atoms with Crippen molar-refractivity contribution >= 4 is 21.9 Å². The summed E-state index contributed by atoms with van der Waals surface area (Å²) in [6.07, 6.45) is -1.63. The third-order valence-electron chi connectivity index (χ3n) is 2.04. The summed E-state index contributed by atoms with van der Waals surface area (Å²) in [5.41, 5.74) is 0.169. The number of rotatable bonds is 4. The number of carboxylic acids is 1. The average molecular weight is 291 g/mol. The van der Waals surface area contributed by atoms with E-state index >= 15 is 0 Å². The molecule has 0 heterocycles. The molecule has 2 N–H and O–H groups in total. The lowest BCUT2D eigenvalue weighted by Crippen LogP contribution is -2.12. The van der Waals surface area contributed by atoms with E-state index < -0.39 is 12.1 Å². The van der Waals surface area contributed by atoms with Crippen molar-refractivity contribution in [2.75, 3.05) is 14.2 Å². The number of hydrogen-bond donors (Lipinski definition) is 2. The standard InChI is InChI=1S/C10H11BrO5/c1-15-6-4-3-5(8(12)10(13)14)9(16-2)7(6)11/h3-4,8,12H,1-2H3,(H,13,14). The largest absolute Gasteiger partial charge is 0.495 e. The molecule has 0 spiro atoms. The van der Waals surface area contributed by atoms with Crippen LogP contribution in [-0.4, -0.2) is 30.4 Å². The van der Waals surface area contributed by atoms with Crippen LogP contribution >= 0.6 is 15.9 Å². The van der Waals surface area contributed by atoms with Crippen molar-refractivity contribution in [3.63, 3.8) is 0 Å². The van der Waals surface area contributed by atoms with E-state index in [9.17, 15) is 9.90 Å². The molecular formula is C10H11BrO5. The van der Waals surface area contributed by atoms with Gasteiger partial charge in [-0.1, -0.05) is 0 Å². The van der Waals surface area contributed by atoms with Gasteiger partial charge in [0, 0.05) is 5.56 Å². The molecule has 0 bridgehead atoms. The van der Waals surface area contributed by atoms with Gasteiger partial charge in [-0.2, -0.15) is 0 Å². The first-order chi connectivity index (χ1) is 7.52. The zero-order chi connectivity index (χ0) is 12.3. The maximum atomic E-state index is 10.7. The summed E-state index contributed by atoms with van der Waals surface area (Å²) in [5, 5.41) is 18.2. The monoisotopic (exact) mass is 290 g/mol. The molecule has 1 aromatic carbocycles. The van der Waals surface area contributed by atoms with Crippen LogP contribution in [0.5, 0.6) is 11.5 Å². The van der Waals surface area contributed by atoms with Crippen molar-refractivity contribution in [1.29, 1.82) is 0 Å². The van der Waals surface area contributed by atoms with Crippen LogP contribution in [-0.2, 0) is 4.79 Å². The summed E-state index contributed by atoms with van der Waals surface area (Å²) in [5.74, 6) is -0.595. The Morgan fingerprint density at radius 3 is 2.44 bits per heavy atom. The Morgan fingerprint density at radius 2 is 2.00 bits per heavy atom. The molecule has 0 aliphatic rings. The summed E-state index contributed by atoms with van der Waals surface area (Å²) in [4.78, 5) is 10.7. The molecule has 5 nitrogen and oxygen atoms in total. The van der Waals surface area contributed by atoms with E-state index in [1.165, 1.54) is 20.3 Å². The minimum Gasteiger partial charge on any atom is -0.495 e. The Bertz CT molecular complexity index is 404. The lowest BCUT2D eigenvalue weighted by atomic mass is 10.1. The van der Waals surface area contributed by atoms with E-state index in [4.69, 9.17) is 14.6 Å². The number of halogens is 1. The zero-order valence-corrected chi connectivity index (χ0v) is 10.3. The lowest BCUT2D eigenvalue weighted by molar-refractivity contribution is -0.147. The number of ether oxygens (including phenoxy) is 2. The smallest absolute Gasteiger partial charge is 0.337 e. The van der Waals surface area contributed by atoms with Gasteiger partial charge in [-0.3, -0.25) is 0 Å². The second-order valence-corrected chi connectivity index (χ2v) is 3.74. The number of carboxylic acid groups (broad SMARTS) is 1. The van der Waals surface area contributed by atoms with E-state index in [0.717, 1.165) is 0 Å². The van der Waals surface area contributed by atoms with Gasteiger partial charge in [0.25, 0.3) is 0 Å². The molecule has 0 saturated carbocycles. The number of hydrogen-bond acceptors (Lipinski definition) is 4. The van der Waals surface area contributed by atoms with Gasteiger partial charge in [0.05, 0.1) is 14.2 Å². The molecule has 1 aromatic rings. The van der Waals surface area contributed by atoms with Crippen molar-refractivity contribution in [3.05, 3.63) is 22.2 Å². The Labute approximate surface area is 101 Å². The molecule has 1 atom stereocenters. The second-order valence-electron chi connectivity index (χ2n) is 2.95. The van der Waals surface area contributed by atoms with Crippen molar-refractivity contribution < 1.29 is 24.5 Å². The molecule has 0 aromatic heterocycles. The fraction of sp³-hybridized carbons (Fsp3) is 0.300. The normalized spacial score (nSPS) is 12.0. The quantitative estimate of drug-likeness (QED) is 0.881. The summed E-state index contributed by atoms with van der Waals surface area (Å²) in [6, 6.07) is 3.00. The molecule has 1 rings (SSSR count). The Kier molecular flexibility index (Phi) is 4.14. The molecule has 0 fully saturated rings. The molecule has 0 aliphatic carbocycles. The van der Waals surface area contributed by atoms with Gasteiger partial charge in [-0.15, -0.1) is 0 Å². The van der Waals surface area contributed by atoms with E-state index in [2.05, 4.69) is 15.9 Å². The van der Waals surface area contributed by atoms with Crippen LogP contribution in [0.4, 0.5) is 0 Å². The molecule has 1 unspecified atom stereocenters. The SMILES string of the molecule is COc1ccc(C(O)C(=O)O)c(OC)c1Br. The van der Waals surface area contributed by atoms with Gasteiger partial charge in [0.2, 0.25) is 0 Å². The zero-order valence-electron chi connectivity index (χ0n) is 8.73. The minimum absolute atomic E-state index is 0.169. The Morgan fingerprint density at radius 1 is 1.38 bits per heavy atom. The molecule has 88 valence electrons. The van der Waals surface area contributed by atoms with Gasteiger partial charge < -0.3 is 19.7 Å². The summed E-state index contributed by atoms with van der Waals surface area (Å²) < 4.78 is 10.5. The van der Waals surface area contributed by atoms with Gasteiger partial charge in [0.1, 0.15) is 16.0 Å². The second kappa shape index (κ2) is 5.18. The molecular weight excluding hydrogens is 280 g/mol. The first-order valence-corrected chi connectivity index (χ1v) is 5.13. The summed E-state index contributed by atoms with van der Waals surface area (Å²) in [6.45, 7) is 0. The topological polar surface area (TPSA) is 76.0 Å². The van der Waals surface area contributed by atoms with Gasteiger partial charge in [0.15, 0.2) is 6.10 Å². The molecule has 0 radical (unpaired) electrons. The number of benzene rings is 1. The van der Waals surface area contributed by atoms with Crippen LogP contribution in [0, 0.1) is 0 Å². The molecule has 6 heteroatoms. The van der Waals surface area contributed by atoms with E-state index in [0.29, 0.717) is 10.2 Å². The first-order valence-electron chi connectivity index (χ1n) is 4.34. The summed E-state index contributed by atoms with van der Waals surface area (Å²) >= 11 is 3.22. The lowest BCUT2D eigenvalue weighted by Gasteiger charge is -2.15. The molecule has 0 amide bonds. The fourth-order valence-electron chi connectivity index (χ4n) is 1.27. The van der Waals surface area contributed by atoms with Crippen molar-refractivity contribution in [2.24, 2.45) is 0 Å². The van der Waals surface area contributed by atoms with Crippen molar-refractivity contribution in [1.82, 2.24) is 0 Å². The maximum Gasteiger partial charge on any atom is 0.337 e. The molecule has 0 saturated heterocycles. The third kappa shape index (κ3) is 2.28. The van der Waals surface area contributed by atoms with E-state index in [1.807, 2.05) is 0 Å². The predicted octanol–water partition coefficient (Wildman–Crippen LogP) is 1.58. The third-order valence-corrected chi connectivity index (χ3v) is 2.80. The highest BCUT2D eigenvalue weighted by Crippen LogP contribution is 2.39. The van der Waals surface area contributed by atoms with Gasteiger partial charge >= 0.3 is 5.97 Å². The first kappa shape index (κ1) is 12.8. The fourth-order valence-corrected chi connectivity index (χ4v) is 1.95. The average Bonchev–Trinajstić information content (AvgIpc) is 2.27. The number of aliphatic hydroxyl groups is 1. The van der Waals surface area contributed by atoms with Crippen LogP contribution in [0.1, 0.15) is 11.7 Å². The maximum absolute atomic E-state index is 10.7. The number of methoxy groups -OCH3 is 2. The highest BCUT2D eigenvalue weighted by molar-refractivity contribution is 9.10. The van der Waals surface area contributed by atoms with Crippen molar-refractivity contribution in [2.45, 2.75) is 6.10 Å². The molecule has 0 aliphatic heterocycles. The highest BCUT2D eigenvalue weighted by atomic mass is 79.9. The predicted molar refractivity (Wildman–Crippen MR) is 59.8 cm³/mol. The van der Waals surface area contributed by atoms with E-state index in [-0.39, 0.29) is 11.3 Å². The van der Waals surface area contributed by atoms with E-state index in [1.54, 1.807) is 6.07 Å². The van der Waals surface area contributed by atoms with Crippen LogP contribution in [0.15, 0.2) is 16.6 Å². The Hall–Kier alpha value is -1.27. The minimum atomic E-state index is -1.63. The summed E-state index contributed by atoms with van der Waals surface area (Å²) in [7, 11) is 2.87. The van der Waals surface area contributed by atoms with Crippen LogP contribution in [0.25, 0.3) is 0 Å².